The summed E-state index contributed by atoms with van der Waals surface area (Å²) in [4.78, 5) is 14.8. The second-order valence-electron chi connectivity index (χ2n) is 8.69. The minimum absolute atomic E-state index is 0.0369. The van der Waals surface area contributed by atoms with Gasteiger partial charge >= 0.3 is 6.18 Å². The Kier molecular flexibility index (Phi) is 9.03. The average molecular weight is 462 g/mol. The summed E-state index contributed by atoms with van der Waals surface area (Å²) in [5.74, 6) is 0.0369. The molecule has 0 radical (unpaired) electrons. The number of nitrogens with zero attached hydrogens (tertiary/aromatic N) is 1. The standard InChI is InChI=1S/C26H34F3N3O/c1-2-3-4-6-9-25(33)31-23-15-14-22(18-24(23)32-16-7-5-8-17-32)30-19-20-10-12-21(13-11-20)26(27,28)29/h10-15,18,30H,2-9,16-17,19H2,1H3,(H,31,33). The third-order valence-electron chi connectivity index (χ3n) is 6.00. The number of alkyl halides is 3. The molecule has 1 aliphatic rings. The summed E-state index contributed by atoms with van der Waals surface area (Å²) < 4.78 is 38.3. The lowest BCUT2D eigenvalue weighted by Crippen LogP contribution is -2.30. The van der Waals surface area contributed by atoms with E-state index in [-0.39, 0.29) is 5.91 Å². The van der Waals surface area contributed by atoms with Gasteiger partial charge in [0.25, 0.3) is 0 Å². The minimum atomic E-state index is -4.33. The van der Waals surface area contributed by atoms with E-state index in [9.17, 15) is 18.0 Å². The number of carbonyl (C=O) groups is 1. The first-order chi connectivity index (χ1) is 15.9. The van der Waals surface area contributed by atoms with Crippen molar-refractivity contribution in [1.82, 2.24) is 0 Å². The number of unbranched alkanes of at least 4 members (excludes halogenated alkanes) is 3. The first-order valence-corrected chi connectivity index (χ1v) is 12.0. The number of anilines is 3. The van der Waals surface area contributed by atoms with E-state index >= 15 is 0 Å². The number of hydrogen-bond donors (Lipinski definition) is 2. The van der Waals surface area contributed by atoms with E-state index in [1.165, 1.54) is 18.6 Å². The van der Waals surface area contributed by atoms with Gasteiger partial charge in [0, 0.05) is 31.7 Å². The highest BCUT2D eigenvalue weighted by molar-refractivity contribution is 5.95. The molecule has 0 atom stereocenters. The lowest BCUT2D eigenvalue weighted by atomic mass is 10.1. The van der Waals surface area contributed by atoms with Crippen molar-refractivity contribution in [3.05, 3.63) is 53.6 Å². The molecule has 0 aliphatic carbocycles. The van der Waals surface area contributed by atoms with Gasteiger partial charge in [0.05, 0.1) is 16.9 Å². The predicted molar refractivity (Wildman–Crippen MR) is 129 cm³/mol. The smallest absolute Gasteiger partial charge is 0.381 e. The number of amides is 1. The molecule has 1 heterocycles. The normalized spacial score (nSPS) is 14.2. The van der Waals surface area contributed by atoms with Crippen LogP contribution in [0.3, 0.4) is 0 Å². The fraction of sp³-hybridized carbons (Fsp3) is 0.500. The van der Waals surface area contributed by atoms with Gasteiger partial charge in [-0.15, -0.1) is 0 Å². The molecule has 1 aliphatic heterocycles. The van der Waals surface area contributed by atoms with Crippen molar-refractivity contribution in [1.29, 1.82) is 0 Å². The SMILES string of the molecule is CCCCCCC(=O)Nc1ccc(NCc2ccc(C(F)(F)F)cc2)cc1N1CCCCC1. The molecule has 4 nitrogen and oxygen atoms in total. The lowest BCUT2D eigenvalue weighted by molar-refractivity contribution is -0.137. The molecule has 0 saturated carbocycles. The molecule has 2 aromatic carbocycles. The number of halogens is 3. The van der Waals surface area contributed by atoms with Gasteiger partial charge in [0.1, 0.15) is 0 Å². The Bertz CT molecular complexity index is 891. The number of nitrogens with one attached hydrogen (secondary N) is 2. The van der Waals surface area contributed by atoms with Crippen molar-refractivity contribution in [3.8, 4) is 0 Å². The lowest BCUT2D eigenvalue weighted by Gasteiger charge is -2.31. The second kappa shape index (κ2) is 12.0. The van der Waals surface area contributed by atoms with Crippen molar-refractivity contribution in [3.63, 3.8) is 0 Å². The monoisotopic (exact) mass is 461 g/mol. The van der Waals surface area contributed by atoms with Crippen molar-refractivity contribution < 1.29 is 18.0 Å². The largest absolute Gasteiger partial charge is 0.416 e. The molecule has 0 unspecified atom stereocenters. The Balaban J connectivity index is 1.68. The molecule has 0 aromatic heterocycles. The van der Waals surface area contributed by atoms with Crippen LogP contribution in [0.4, 0.5) is 30.2 Å². The van der Waals surface area contributed by atoms with E-state index in [2.05, 4.69) is 22.5 Å². The Morgan fingerprint density at radius 3 is 2.36 bits per heavy atom. The van der Waals surface area contributed by atoms with Crippen molar-refractivity contribution in [2.24, 2.45) is 0 Å². The molecule has 0 spiro atoms. The van der Waals surface area contributed by atoms with Gasteiger partial charge in [-0.25, -0.2) is 0 Å². The fourth-order valence-corrected chi connectivity index (χ4v) is 4.08. The van der Waals surface area contributed by atoms with Crippen molar-refractivity contribution in [2.45, 2.75) is 71.0 Å². The van der Waals surface area contributed by atoms with Gasteiger partial charge in [0.15, 0.2) is 0 Å². The van der Waals surface area contributed by atoms with E-state index in [0.29, 0.717) is 13.0 Å². The zero-order valence-corrected chi connectivity index (χ0v) is 19.3. The maximum absolute atomic E-state index is 12.8. The molecular weight excluding hydrogens is 427 g/mol. The molecule has 33 heavy (non-hydrogen) atoms. The first-order valence-electron chi connectivity index (χ1n) is 12.0. The van der Waals surface area contributed by atoms with Gasteiger partial charge in [-0.2, -0.15) is 13.2 Å². The Labute approximate surface area is 194 Å². The topological polar surface area (TPSA) is 44.4 Å². The zero-order valence-electron chi connectivity index (χ0n) is 19.3. The number of benzene rings is 2. The average Bonchev–Trinajstić information content (AvgIpc) is 2.81. The summed E-state index contributed by atoms with van der Waals surface area (Å²) in [7, 11) is 0. The number of carbonyl (C=O) groups excluding carboxylic acids is 1. The molecule has 1 amide bonds. The molecule has 1 fully saturated rings. The minimum Gasteiger partial charge on any atom is -0.381 e. The predicted octanol–water partition coefficient (Wildman–Crippen LogP) is 7.22. The molecular formula is C26H34F3N3O. The first kappa shape index (κ1) is 24.9. The third kappa shape index (κ3) is 7.69. The van der Waals surface area contributed by atoms with Crippen molar-refractivity contribution in [2.75, 3.05) is 28.6 Å². The van der Waals surface area contributed by atoms with Crippen LogP contribution < -0.4 is 15.5 Å². The third-order valence-corrected chi connectivity index (χ3v) is 6.00. The highest BCUT2D eigenvalue weighted by Crippen LogP contribution is 2.32. The van der Waals surface area contributed by atoms with E-state index in [1.807, 2.05) is 18.2 Å². The van der Waals surface area contributed by atoms with Crippen LogP contribution in [-0.4, -0.2) is 19.0 Å². The van der Waals surface area contributed by atoms with Crippen LogP contribution in [0.15, 0.2) is 42.5 Å². The maximum Gasteiger partial charge on any atom is 0.416 e. The summed E-state index contributed by atoms with van der Waals surface area (Å²) in [6, 6.07) is 11.1. The van der Waals surface area contributed by atoms with E-state index < -0.39 is 11.7 Å². The Morgan fingerprint density at radius 2 is 1.70 bits per heavy atom. The van der Waals surface area contributed by atoms with Crippen LogP contribution in [0.2, 0.25) is 0 Å². The van der Waals surface area contributed by atoms with Gasteiger partial charge < -0.3 is 15.5 Å². The summed E-state index contributed by atoms with van der Waals surface area (Å²) in [5, 5.41) is 6.40. The molecule has 2 aromatic rings. The summed E-state index contributed by atoms with van der Waals surface area (Å²) in [6.07, 6.45) is 3.89. The molecule has 7 heteroatoms. The summed E-state index contributed by atoms with van der Waals surface area (Å²) >= 11 is 0. The van der Waals surface area contributed by atoms with Crippen LogP contribution in [-0.2, 0) is 17.5 Å². The van der Waals surface area contributed by atoms with E-state index in [1.54, 1.807) is 0 Å². The maximum atomic E-state index is 12.8. The number of piperidine rings is 1. The van der Waals surface area contributed by atoms with Gasteiger partial charge in [0.2, 0.25) is 5.91 Å². The van der Waals surface area contributed by atoms with Crippen LogP contribution >= 0.6 is 0 Å². The quantitative estimate of drug-likeness (QED) is 0.367. The van der Waals surface area contributed by atoms with E-state index in [4.69, 9.17) is 0 Å². The van der Waals surface area contributed by atoms with Crippen LogP contribution in [0.25, 0.3) is 0 Å². The molecule has 1 saturated heterocycles. The number of hydrogen-bond acceptors (Lipinski definition) is 3. The molecule has 180 valence electrons. The summed E-state index contributed by atoms with van der Waals surface area (Å²) in [6.45, 7) is 4.46. The summed E-state index contributed by atoms with van der Waals surface area (Å²) in [5.41, 5.74) is 2.81. The highest BCUT2D eigenvalue weighted by atomic mass is 19.4. The molecule has 0 bridgehead atoms. The Morgan fingerprint density at radius 1 is 0.970 bits per heavy atom. The van der Waals surface area contributed by atoms with Gasteiger partial charge in [-0.3, -0.25) is 4.79 Å². The van der Waals surface area contributed by atoms with Gasteiger partial charge in [-0.05, 0) is 61.6 Å². The second-order valence-corrected chi connectivity index (χ2v) is 8.69. The van der Waals surface area contributed by atoms with Crippen molar-refractivity contribution >= 4 is 23.0 Å². The number of rotatable bonds is 10. The van der Waals surface area contributed by atoms with Crippen LogP contribution in [0.1, 0.15) is 69.4 Å². The molecule has 2 N–H and O–H groups in total. The fourth-order valence-electron chi connectivity index (χ4n) is 4.08. The highest BCUT2D eigenvalue weighted by Gasteiger charge is 2.29. The van der Waals surface area contributed by atoms with Crippen LogP contribution in [0, 0.1) is 0 Å². The van der Waals surface area contributed by atoms with Gasteiger partial charge in [-0.1, -0.05) is 38.3 Å². The van der Waals surface area contributed by atoms with E-state index in [0.717, 1.165) is 86.4 Å². The Hall–Kier alpha value is -2.70. The zero-order chi connectivity index (χ0) is 23.7. The van der Waals surface area contributed by atoms with Crippen LogP contribution in [0.5, 0.6) is 0 Å². The molecule has 3 rings (SSSR count).